The van der Waals surface area contributed by atoms with Crippen LogP contribution in [0.5, 0.6) is 0 Å². The highest BCUT2D eigenvalue weighted by Crippen LogP contribution is 2.30. The molecule has 0 bridgehead atoms. The first-order valence-electron chi connectivity index (χ1n) is 11.8. The molecule has 1 saturated heterocycles. The molecule has 0 aliphatic carbocycles. The highest BCUT2D eigenvalue weighted by atomic mass is 32.2. The van der Waals surface area contributed by atoms with E-state index in [-0.39, 0.29) is 30.9 Å². The van der Waals surface area contributed by atoms with Crippen molar-refractivity contribution < 1.29 is 27.1 Å². The predicted octanol–water partition coefficient (Wildman–Crippen LogP) is 4.32. The summed E-state index contributed by atoms with van der Waals surface area (Å²) in [5.41, 5.74) is 2.66. The number of carbonyl (C=O) groups is 2. The quantitative estimate of drug-likeness (QED) is 0.627. The van der Waals surface area contributed by atoms with E-state index in [1.807, 2.05) is 29.0 Å². The van der Waals surface area contributed by atoms with Gasteiger partial charge in [0.1, 0.15) is 11.4 Å². The molecule has 2 aliphatic heterocycles. The Morgan fingerprint density at radius 1 is 1.00 bits per heavy atom. The second-order valence-corrected chi connectivity index (χ2v) is 11.8. The van der Waals surface area contributed by atoms with Crippen LogP contribution >= 0.6 is 0 Å². The Hall–Kier alpha value is -3.18. The van der Waals surface area contributed by atoms with Crippen molar-refractivity contribution in [2.24, 2.45) is 0 Å². The van der Waals surface area contributed by atoms with E-state index in [0.29, 0.717) is 31.6 Å². The maximum absolute atomic E-state index is 13.4. The number of hydrogen-bond donors (Lipinski definition) is 2. The summed E-state index contributed by atoms with van der Waals surface area (Å²) >= 11 is 0. The smallest absolute Gasteiger partial charge is 0.422 e. The maximum atomic E-state index is 13.4. The zero-order chi connectivity index (χ0) is 26.1. The molecule has 0 saturated carbocycles. The van der Waals surface area contributed by atoms with Gasteiger partial charge in [0.05, 0.1) is 0 Å². The van der Waals surface area contributed by atoms with Gasteiger partial charge in [-0.15, -0.1) is 0 Å². The number of nitrogens with zero attached hydrogens (tertiary/aromatic N) is 2. The van der Waals surface area contributed by atoms with Gasteiger partial charge < -0.3 is 15.0 Å². The normalized spacial score (nSPS) is 16.9. The average molecular weight is 519 g/mol. The number of halogens is 1. The van der Waals surface area contributed by atoms with Crippen molar-refractivity contribution in [3.8, 4) is 0 Å². The number of rotatable bonds is 4. The minimum atomic E-state index is -3.98. The Morgan fingerprint density at radius 2 is 1.64 bits per heavy atom. The fourth-order valence-electron chi connectivity index (χ4n) is 4.45. The fraction of sp³-hybridized carbons (Fsp3) is 0.440. The van der Waals surface area contributed by atoms with Gasteiger partial charge in [-0.25, -0.2) is 18.7 Å². The Kier molecular flexibility index (Phi) is 7.24. The number of benzene rings is 2. The molecule has 194 valence electrons. The van der Waals surface area contributed by atoms with E-state index in [4.69, 9.17) is 4.74 Å². The predicted molar refractivity (Wildman–Crippen MR) is 133 cm³/mol. The number of piperidine rings is 1. The van der Waals surface area contributed by atoms with E-state index >= 15 is 0 Å². The van der Waals surface area contributed by atoms with E-state index in [1.54, 1.807) is 31.7 Å². The molecule has 2 aromatic rings. The Labute approximate surface area is 210 Å². The summed E-state index contributed by atoms with van der Waals surface area (Å²) in [5, 5.41) is 2.88. The van der Waals surface area contributed by atoms with Gasteiger partial charge in [0.15, 0.2) is 0 Å². The molecule has 2 N–H and O–H groups in total. The fourth-order valence-corrected chi connectivity index (χ4v) is 5.52. The largest absolute Gasteiger partial charge is 0.443 e. The summed E-state index contributed by atoms with van der Waals surface area (Å²) in [4.78, 5) is 26.2. The molecule has 11 heteroatoms. The Balaban J connectivity index is 1.28. The van der Waals surface area contributed by atoms with Crippen LogP contribution < -0.4 is 10.0 Å². The third kappa shape index (κ3) is 6.33. The number of hydrogen-bond acceptors (Lipinski definition) is 5. The zero-order valence-electron chi connectivity index (χ0n) is 20.6. The molecule has 2 aromatic carbocycles. The number of anilines is 1. The number of urea groups is 1. The molecule has 0 atom stereocenters. The van der Waals surface area contributed by atoms with E-state index in [2.05, 4.69) is 5.32 Å². The Morgan fingerprint density at radius 3 is 2.28 bits per heavy atom. The minimum absolute atomic E-state index is 0.158. The molecule has 9 nitrogen and oxygen atoms in total. The van der Waals surface area contributed by atoms with Crippen molar-refractivity contribution in [2.45, 2.75) is 58.2 Å². The average Bonchev–Trinajstić information content (AvgIpc) is 3.21. The Bertz CT molecular complexity index is 1240. The standard InChI is InChI=1S/C25H31FN4O5S/c1-25(2,3)35-24(32)28-36(33,34)30-12-10-18(11-13-30)17-5-8-22(9-6-17)27-23(31)29-15-19-4-7-21(26)14-20(19)16-29/h4-9,14,18H,10-13,15-16H2,1-3H3,(H,27,31)(H,28,32). The summed E-state index contributed by atoms with van der Waals surface area (Å²) in [6, 6.07) is 11.8. The molecular weight excluding hydrogens is 487 g/mol. The van der Waals surface area contributed by atoms with Crippen LogP contribution in [0.2, 0.25) is 0 Å². The third-order valence-electron chi connectivity index (χ3n) is 6.22. The van der Waals surface area contributed by atoms with E-state index in [9.17, 15) is 22.4 Å². The van der Waals surface area contributed by atoms with Crippen molar-refractivity contribution in [3.05, 3.63) is 65.0 Å². The van der Waals surface area contributed by atoms with Crippen molar-refractivity contribution in [1.82, 2.24) is 13.9 Å². The van der Waals surface area contributed by atoms with Gasteiger partial charge in [-0.05, 0) is 80.5 Å². The topological polar surface area (TPSA) is 108 Å². The van der Waals surface area contributed by atoms with Crippen LogP contribution in [-0.2, 0) is 28.0 Å². The first-order chi connectivity index (χ1) is 16.9. The molecule has 2 aliphatic rings. The summed E-state index contributed by atoms with van der Waals surface area (Å²) in [6.45, 7) is 6.33. The molecule has 4 rings (SSSR count). The molecule has 36 heavy (non-hydrogen) atoms. The zero-order valence-corrected chi connectivity index (χ0v) is 21.4. The molecule has 0 radical (unpaired) electrons. The minimum Gasteiger partial charge on any atom is -0.443 e. The van der Waals surface area contributed by atoms with Gasteiger partial charge >= 0.3 is 22.3 Å². The number of carbonyl (C=O) groups excluding carboxylic acids is 2. The van der Waals surface area contributed by atoms with Crippen LogP contribution in [0.3, 0.4) is 0 Å². The first-order valence-corrected chi connectivity index (χ1v) is 13.3. The van der Waals surface area contributed by atoms with E-state index in [1.165, 1.54) is 16.4 Å². The SMILES string of the molecule is CC(C)(C)OC(=O)NS(=O)(=O)N1CCC(c2ccc(NC(=O)N3Cc4ccc(F)cc4C3)cc2)CC1. The number of ether oxygens (including phenoxy) is 1. The first kappa shape index (κ1) is 25.9. The van der Waals surface area contributed by atoms with Crippen molar-refractivity contribution in [1.29, 1.82) is 0 Å². The van der Waals surface area contributed by atoms with Crippen LogP contribution in [0, 0.1) is 5.82 Å². The van der Waals surface area contributed by atoms with Crippen molar-refractivity contribution in [2.75, 3.05) is 18.4 Å². The van der Waals surface area contributed by atoms with Crippen molar-refractivity contribution >= 4 is 28.0 Å². The second-order valence-electron chi connectivity index (χ2n) is 10.1. The molecular formula is C25H31FN4O5S. The van der Waals surface area contributed by atoms with Crippen LogP contribution in [0.4, 0.5) is 19.7 Å². The number of fused-ring (bicyclic) bond motifs is 1. The molecule has 2 heterocycles. The summed E-state index contributed by atoms with van der Waals surface area (Å²) in [6.07, 6.45) is 0.208. The molecule has 1 fully saturated rings. The van der Waals surface area contributed by atoms with Gasteiger partial charge in [0.25, 0.3) is 0 Å². The molecule has 3 amide bonds. The van der Waals surface area contributed by atoms with Gasteiger partial charge in [0.2, 0.25) is 0 Å². The molecule has 0 unspecified atom stereocenters. The number of amides is 3. The van der Waals surface area contributed by atoms with Gasteiger partial charge in [-0.3, -0.25) is 0 Å². The molecule has 0 spiro atoms. The van der Waals surface area contributed by atoms with Gasteiger partial charge in [-0.2, -0.15) is 12.7 Å². The third-order valence-corrected chi connectivity index (χ3v) is 7.69. The highest BCUT2D eigenvalue weighted by Gasteiger charge is 2.31. The lowest BCUT2D eigenvalue weighted by Crippen LogP contribution is -2.47. The maximum Gasteiger partial charge on any atom is 0.422 e. The van der Waals surface area contributed by atoms with Crippen molar-refractivity contribution in [3.63, 3.8) is 0 Å². The number of nitrogens with one attached hydrogen (secondary N) is 2. The summed E-state index contributed by atoms with van der Waals surface area (Å²) in [7, 11) is -3.98. The lowest BCUT2D eigenvalue weighted by atomic mass is 9.90. The van der Waals surface area contributed by atoms with Crippen LogP contribution in [-0.4, -0.2) is 48.4 Å². The van der Waals surface area contributed by atoms with Crippen LogP contribution in [0.25, 0.3) is 0 Å². The molecule has 0 aromatic heterocycles. The van der Waals surface area contributed by atoms with E-state index < -0.39 is 21.9 Å². The lowest BCUT2D eigenvalue weighted by Gasteiger charge is -2.31. The summed E-state index contributed by atoms with van der Waals surface area (Å²) in [5.74, 6) is -0.153. The van der Waals surface area contributed by atoms with Crippen LogP contribution in [0.15, 0.2) is 42.5 Å². The second kappa shape index (κ2) is 10.1. The monoisotopic (exact) mass is 518 g/mol. The van der Waals surface area contributed by atoms with Gasteiger partial charge in [-0.1, -0.05) is 18.2 Å². The van der Waals surface area contributed by atoms with Gasteiger partial charge in [0, 0.05) is 31.9 Å². The summed E-state index contributed by atoms with van der Waals surface area (Å²) < 4.78 is 46.7. The van der Waals surface area contributed by atoms with Crippen LogP contribution in [0.1, 0.15) is 56.2 Å². The lowest BCUT2D eigenvalue weighted by molar-refractivity contribution is 0.0566. The van der Waals surface area contributed by atoms with E-state index in [0.717, 1.165) is 16.7 Å². The highest BCUT2D eigenvalue weighted by molar-refractivity contribution is 7.87.